The molecule has 7 heteroatoms. The number of benzene rings is 2. The zero-order valence-electron chi connectivity index (χ0n) is 17.9. The number of nitriles is 1. The van der Waals surface area contributed by atoms with Gasteiger partial charge in [-0.3, -0.25) is 4.98 Å². The molecule has 1 N–H and O–H groups in total. The fourth-order valence-corrected chi connectivity index (χ4v) is 4.31. The van der Waals surface area contributed by atoms with Crippen LogP contribution < -0.4 is 0 Å². The van der Waals surface area contributed by atoms with Crippen molar-refractivity contribution in [2.24, 2.45) is 0 Å². The third kappa shape index (κ3) is 4.67. The molecule has 1 aromatic heterocycles. The monoisotopic (exact) mass is 444 g/mol. The van der Waals surface area contributed by atoms with Crippen LogP contribution in [-0.4, -0.2) is 41.1 Å². The number of aliphatic hydroxyl groups excluding tert-OH is 1. The Morgan fingerprint density at radius 2 is 1.36 bits per heavy atom. The number of rotatable bonds is 5. The first-order valence-corrected chi connectivity index (χ1v) is 10.9. The summed E-state index contributed by atoms with van der Waals surface area (Å²) in [5.74, 6) is 0. The van der Waals surface area contributed by atoms with E-state index < -0.39 is 37.0 Å². The summed E-state index contributed by atoms with van der Waals surface area (Å²) in [6, 6.07) is 23.2. The van der Waals surface area contributed by atoms with E-state index in [1.54, 1.807) is 12.3 Å². The van der Waals surface area contributed by atoms with Crippen LogP contribution in [0.5, 0.6) is 0 Å². The largest absolute Gasteiger partial charge is 0.394 e. The molecule has 3 heterocycles. The third-order valence-electron chi connectivity index (χ3n) is 5.90. The minimum absolute atomic E-state index is 0.215. The summed E-state index contributed by atoms with van der Waals surface area (Å²) < 4.78 is 25.1. The molecule has 2 aliphatic rings. The zero-order valence-corrected chi connectivity index (χ0v) is 17.9. The smallest absolute Gasteiger partial charge is 0.184 e. The Kier molecular flexibility index (Phi) is 6.44. The number of aromatic nitrogens is 1. The van der Waals surface area contributed by atoms with Gasteiger partial charge in [0.15, 0.2) is 12.6 Å². The molecule has 0 amide bonds. The molecule has 0 saturated carbocycles. The predicted octanol–water partition coefficient (Wildman–Crippen LogP) is 3.45. The minimum Gasteiger partial charge on any atom is -0.394 e. The molecule has 0 spiro atoms. The van der Waals surface area contributed by atoms with E-state index in [9.17, 15) is 10.4 Å². The number of fused-ring (bicyclic) bond motifs is 1. The summed E-state index contributed by atoms with van der Waals surface area (Å²) >= 11 is 0. The maximum absolute atomic E-state index is 10.1. The second-order valence-corrected chi connectivity index (χ2v) is 8.12. The highest BCUT2D eigenvalue weighted by Gasteiger charge is 2.50. The van der Waals surface area contributed by atoms with E-state index >= 15 is 0 Å². The van der Waals surface area contributed by atoms with E-state index in [4.69, 9.17) is 18.9 Å². The Balaban J connectivity index is 1.47. The van der Waals surface area contributed by atoms with Crippen LogP contribution in [0, 0.1) is 11.3 Å². The summed E-state index contributed by atoms with van der Waals surface area (Å²) in [7, 11) is 0. The van der Waals surface area contributed by atoms with Gasteiger partial charge in [0, 0.05) is 29.9 Å². The summed E-state index contributed by atoms with van der Waals surface area (Å²) in [6.45, 7) is -0.215. The molecule has 7 nitrogen and oxygen atoms in total. The molecular formula is C26H24N2O5. The Hall–Kier alpha value is -3.12. The zero-order chi connectivity index (χ0) is 22.6. The van der Waals surface area contributed by atoms with Gasteiger partial charge in [0.2, 0.25) is 0 Å². The Morgan fingerprint density at radius 1 is 0.788 bits per heavy atom. The molecule has 0 bridgehead atoms. The highest BCUT2D eigenvalue weighted by Crippen LogP contribution is 2.41. The maximum Gasteiger partial charge on any atom is 0.184 e. The van der Waals surface area contributed by atoms with E-state index in [2.05, 4.69) is 11.1 Å². The van der Waals surface area contributed by atoms with Gasteiger partial charge in [-0.2, -0.15) is 5.26 Å². The van der Waals surface area contributed by atoms with Crippen LogP contribution in [-0.2, 0) is 25.4 Å². The van der Waals surface area contributed by atoms with Crippen molar-refractivity contribution in [1.29, 1.82) is 5.26 Å². The lowest BCUT2D eigenvalue weighted by atomic mass is 9.94. The number of hydrogen-bond acceptors (Lipinski definition) is 7. The molecule has 2 saturated heterocycles. The van der Waals surface area contributed by atoms with E-state index in [1.165, 1.54) is 6.20 Å². The van der Waals surface area contributed by atoms with Crippen molar-refractivity contribution in [1.82, 2.24) is 4.98 Å². The number of nitrogens with zero attached hydrogens (tertiary/aromatic N) is 2. The normalized spacial score (nSPS) is 29.1. The first-order valence-electron chi connectivity index (χ1n) is 10.9. The first kappa shape index (κ1) is 21.7. The summed E-state index contributed by atoms with van der Waals surface area (Å²) in [5, 5.41) is 19.4. The van der Waals surface area contributed by atoms with Crippen molar-refractivity contribution in [2.75, 3.05) is 6.61 Å². The van der Waals surface area contributed by atoms with Crippen molar-refractivity contribution in [2.45, 2.75) is 43.4 Å². The fraction of sp³-hybridized carbons (Fsp3) is 0.308. The van der Waals surface area contributed by atoms with Crippen LogP contribution in [0.2, 0.25) is 0 Å². The molecule has 3 aromatic rings. The summed E-state index contributed by atoms with van der Waals surface area (Å²) in [5.41, 5.74) is 3.07. The molecule has 6 atom stereocenters. The second kappa shape index (κ2) is 9.79. The van der Waals surface area contributed by atoms with Gasteiger partial charge in [0.25, 0.3) is 0 Å². The number of hydrogen-bond donors (Lipinski definition) is 1. The Morgan fingerprint density at radius 3 is 1.94 bits per heavy atom. The molecule has 2 aromatic carbocycles. The molecule has 33 heavy (non-hydrogen) atoms. The molecular weight excluding hydrogens is 420 g/mol. The first-order chi connectivity index (χ1) is 16.2. The van der Waals surface area contributed by atoms with E-state index in [0.717, 1.165) is 16.7 Å². The number of pyridine rings is 1. The topological polar surface area (TPSA) is 93.8 Å². The van der Waals surface area contributed by atoms with Gasteiger partial charge in [-0.05, 0) is 11.6 Å². The number of ether oxygens (including phenoxy) is 4. The van der Waals surface area contributed by atoms with Crippen molar-refractivity contribution < 1.29 is 24.1 Å². The maximum atomic E-state index is 10.1. The molecule has 2 aliphatic heterocycles. The van der Waals surface area contributed by atoms with Crippen LogP contribution >= 0.6 is 0 Å². The Labute approximate surface area is 192 Å². The van der Waals surface area contributed by atoms with Crippen molar-refractivity contribution in [3.63, 3.8) is 0 Å². The van der Waals surface area contributed by atoms with Gasteiger partial charge < -0.3 is 24.1 Å². The van der Waals surface area contributed by atoms with Crippen LogP contribution in [0.25, 0.3) is 0 Å². The lowest BCUT2D eigenvalue weighted by Gasteiger charge is -2.49. The van der Waals surface area contributed by atoms with Crippen molar-refractivity contribution in [3.8, 4) is 6.07 Å². The van der Waals surface area contributed by atoms with E-state index in [-0.39, 0.29) is 6.61 Å². The molecule has 168 valence electrons. The Bertz CT molecular complexity index is 1100. The van der Waals surface area contributed by atoms with Crippen LogP contribution in [0.3, 0.4) is 0 Å². The van der Waals surface area contributed by atoms with Crippen molar-refractivity contribution in [3.05, 3.63) is 101 Å². The van der Waals surface area contributed by atoms with E-state index in [1.807, 2.05) is 60.7 Å². The average molecular weight is 444 g/mol. The van der Waals surface area contributed by atoms with Gasteiger partial charge in [-0.25, -0.2) is 0 Å². The lowest BCUT2D eigenvalue weighted by molar-refractivity contribution is -0.384. The second-order valence-electron chi connectivity index (χ2n) is 8.12. The predicted molar refractivity (Wildman–Crippen MR) is 118 cm³/mol. The van der Waals surface area contributed by atoms with E-state index in [0.29, 0.717) is 12.0 Å². The summed E-state index contributed by atoms with van der Waals surface area (Å²) in [4.78, 5) is 4.18. The highest BCUT2D eigenvalue weighted by atomic mass is 16.8. The summed E-state index contributed by atoms with van der Waals surface area (Å²) in [6.07, 6.45) is 0.402. The minimum atomic E-state index is -0.656. The molecule has 0 aliphatic carbocycles. The van der Waals surface area contributed by atoms with Crippen LogP contribution in [0.1, 0.15) is 34.8 Å². The highest BCUT2D eigenvalue weighted by molar-refractivity contribution is 5.29. The van der Waals surface area contributed by atoms with Crippen LogP contribution in [0.15, 0.2) is 79.1 Å². The molecule has 2 fully saturated rings. The van der Waals surface area contributed by atoms with Crippen molar-refractivity contribution >= 4 is 0 Å². The fourth-order valence-electron chi connectivity index (χ4n) is 4.31. The molecule has 5 rings (SSSR count). The van der Waals surface area contributed by atoms with Gasteiger partial charge in [0.1, 0.15) is 24.4 Å². The standard InChI is InChI=1S/C26H24N2O5/c27-13-18-11-17(14-28-15-18)12-21-23-24(33-25(30-21)19-7-3-1-4-8-19)22(16-29)31-26(32-23)20-9-5-2-6-10-20/h1-11,14-15,21-26,29H,12,16H2/t21-,22-,23+,24-,25?,26?/m1/s1. The molecule has 0 radical (unpaired) electrons. The molecule has 2 unspecified atom stereocenters. The average Bonchev–Trinajstić information content (AvgIpc) is 2.89. The van der Waals surface area contributed by atoms with Gasteiger partial charge >= 0.3 is 0 Å². The van der Waals surface area contributed by atoms with Crippen LogP contribution in [0.4, 0.5) is 0 Å². The SMILES string of the molecule is N#Cc1cncc(C[C@H]2OC(c3ccccc3)O[C@H]3[C@H]2OC(c2ccccc2)O[C@@H]3CO)c1. The third-order valence-corrected chi connectivity index (χ3v) is 5.90. The van der Waals surface area contributed by atoms with Gasteiger partial charge in [0.05, 0.1) is 18.3 Å². The van der Waals surface area contributed by atoms with Gasteiger partial charge in [-0.1, -0.05) is 60.7 Å². The van der Waals surface area contributed by atoms with Gasteiger partial charge in [-0.15, -0.1) is 0 Å². The quantitative estimate of drug-likeness (QED) is 0.644. The lowest BCUT2D eigenvalue weighted by Crippen LogP contribution is -2.59. The number of aliphatic hydroxyl groups is 1.